The monoisotopic (exact) mass is 291 g/mol. The molecule has 1 aromatic rings. The molecule has 1 aliphatic heterocycles. The van der Waals surface area contributed by atoms with Crippen molar-refractivity contribution < 1.29 is 5.11 Å². The fraction of sp³-hybridized carbons (Fsp3) is 0.647. The van der Waals surface area contributed by atoms with Gasteiger partial charge >= 0.3 is 0 Å². The number of likely N-dealkylation sites (N-methyl/N-ethyl adjacent to an activating group) is 2. The zero-order chi connectivity index (χ0) is 15.3. The molecule has 0 bridgehead atoms. The van der Waals surface area contributed by atoms with E-state index in [1.165, 1.54) is 5.56 Å². The number of benzene rings is 1. The third kappa shape index (κ3) is 4.27. The van der Waals surface area contributed by atoms with Gasteiger partial charge in [-0.2, -0.15) is 0 Å². The van der Waals surface area contributed by atoms with Gasteiger partial charge < -0.3 is 15.3 Å². The molecule has 0 aliphatic carbocycles. The van der Waals surface area contributed by atoms with Gasteiger partial charge in [0.15, 0.2) is 0 Å². The molecule has 2 unspecified atom stereocenters. The summed E-state index contributed by atoms with van der Waals surface area (Å²) in [6.45, 7) is 6.53. The highest BCUT2D eigenvalue weighted by Gasteiger charge is 2.29. The molecule has 21 heavy (non-hydrogen) atoms. The topological polar surface area (TPSA) is 38.7 Å². The molecule has 1 fully saturated rings. The molecular weight excluding hydrogens is 262 g/mol. The molecule has 118 valence electrons. The zero-order valence-electron chi connectivity index (χ0n) is 13.5. The first kappa shape index (κ1) is 16.4. The molecule has 0 amide bonds. The number of nitrogens with zero attached hydrogens (tertiary/aromatic N) is 2. The van der Waals surface area contributed by atoms with Crippen LogP contribution in [0, 0.1) is 0 Å². The number of nitrogens with one attached hydrogen (secondary N) is 1. The van der Waals surface area contributed by atoms with E-state index in [-0.39, 0.29) is 12.1 Å². The number of aliphatic hydroxyl groups excluding tert-OH is 1. The summed E-state index contributed by atoms with van der Waals surface area (Å²) in [6, 6.07) is 11.2. The first-order chi connectivity index (χ1) is 10.1. The van der Waals surface area contributed by atoms with Gasteiger partial charge in [-0.05, 0) is 33.0 Å². The van der Waals surface area contributed by atoms with Crippen LogP contribution in [0.15, 0.2) is 30.3 Å². The van der Waals surface area contributed by atoms with Gasteiger partial charge in [0.2, 0.25) is 0 Å². The van der Waals surface area contributed by atoms with Crippen LogP contribution < -0.4 is 5.32 Å². The molecule has 1 aliphatic rings. The average Bonchev–Trinajstić information content (AvgIpc) is 2.54. The third-order valence-corrected chi connectivity index (χ3v) is 4.78. The Bertz CT molecular complexity index is 419. The van der Waals surface area contributed by atoms with Crippen LogP contribution in [0.25, 0.3) is 0 Å². The Morgan fingerprint density at radius 2 is 2.00 bits per heavy atom. The second-order valence-corrected chi connectivity index (χ2v) is 6.44. The van der Waals surface area contributed by atoms with Gasteiger partial charge in [-0.25, -0.2) is 0 Å². The summed E-state index contributed by atoms with van der Waals surface area (Å²) in [5.41, 5.74) is 1.20. The Kier molecular flexibility index (Phi) is 5.76. The van der Waals surface area contributed by atoms with Gasteiger partial charge in [0.1, 0.15) is 0 Å². The van der Waals surface area contributed by atoms with Crippen molar-refractivity contribution in [3.05, 3.63) is 35.9 Å². The Balaban J connectivity index is 2.05. The summed E-state index contributed by atoms with van der Waals surface area (Å²) in [6.07, 6.45) is 0.951. The van der Waals surface area contributed by atoms with Gasteiger partial charge in [-0.3, -0.25) is 4.90 Å². The minimum Gasteiger partial charge on any atom is -0.394 e. The zero-order valence-corrected chi connectivity index (χ0v) is 13.5. The molecule has 0 aromatic heterocycles. The number of hydrogen-bond acceptors (Lipinski definition) is 4. The number of hydrogen-bond donors (Lipinski definition) is 2. The maximum atomic E-state index is 9.55. The Morgan fingerprint density at radius 3 is 2.62 bits per heavy atom. The van der Waals surface area contributed by atoms with Gasteiger partial charge in [0.25, 0.3) is 0 Å². The van der Waals surface area contributed by atoms with Crippen LogP contribution >= 0.6 is 0 Å². The van der Waals surface area contributed by atoms with Crippen LogP contribution in [-0.2, 0) is 0 Å². The molecule has 2 rings (SSSR count). The van der Waals surface area contributed by atoms with E-state index in [1.807, 2.05) is 7.05 Å². The highest BCUT2D eigenvalue weighted by molar-refractivity contribution is 5.20. The van der Waals surface area contributed by atoms with E-state index in [0.29, 0.717) is 6.04 Å². The van der Waals surface area contributed by atoms with Crippen LogP contribution in [0.2, 0.25) is 0 Å². The predicted molar refractivity (Wildman–Crippen MR) is 87.4 cm³/mol. The Labute approximate surface area is 128 Å². The summed E-state index contributed by atoms with van der Waals surface area (Å²) < 4.78 is 0. The largest absolute Gasteiger partial charge is 0.394 e. The van der Waals surface area contributed by atoms with E-state index in [1.54, 1.807) is 0 Å². The van der Waals surface area contributed by atoms with E-state index in [0.717, 1.165) is 32.6 Å². The van der Waals surface area contributed by atoms with Crippen LogP contribution in [0.4, 0.5) is 0 Å². The fourth-order valence-electron chi connectivity index (χ4n) is 2.89. The van der Waals surface area contributed by atoms with Crippen molar-refractivity contribution in [1.29, 1.82) is 0 Å². The van der Waals surface area contributed by atoms with E-state index in [9.17, 15) is 5.11 Å². The van der Waals surface area contributed by atoms with Gasteiger partial charge in [-0.15, -0.1) is 0 Å². The summed E-state index contributed by atoms with van der Waals surface area (Å²) in [7, 11) is 4.12. The maximum absolute atomic E-state index is 9.55. The van der Waals surface area contributed by atoms with Gasteiger partial charge in [-0.1, -0.05) is 30.3 Å². The molecule has 0 radical (unpaired) electrons. The lowest BCUT2D eigenvalue weighted by Gasteiger charge is -2.42. The van der Waals surface area contributed by atoms with Crippen molar-refractivity contribution in [3.63, 3.8) is 0 Å². The van der Waals surface area contributed by atoms with Crippen LogP contribution in [-0.4, -0.2) is 67.3 Å². The lowest BCUT2D eigenvalue weighted by Crippen LogP contribution is -2.50. The lowest BCUT2D eigenvalue weighted by molar-refractivity contribution is 0.0729. The standard InChI is InChI=1S/C17H29N3O/c1-17(14-21,18-2)9-10-20-12-11-19(3)13-16(20)15-7-5-4-6-8-15/h4-8,16,18,21H,9-14H2,1-3H3. The SMILES string of the molecule is CNC(C)(CO)CCN1CCN(C)CC1c1ccccc1. The molecule has 4 nitrogen and oxygen atoms in total. The molecular formula is C17H29N3O. The lowest BCUT2D eigenvalue weighted by atomic mass is 9.96. The first-order valence-corrected chi connectivity index (χ1v) is 7.85. The Hall–Kier alpha value is -0.940. The second kappa shape index (κ2) is 7.36. The minimum absolute atomic E-state index is 0.174. The molecule has 2 N–H and O–H groups in total. The molecule has 0 spiro atoms. The summed E-state index contributed by atoms with van der Waals surface area (Å²) in [5.74, 6) is 0. The molecule has 1 saturated heterocycles. The smallest absolute Gasteiger partial charge is 0.0610 e. The normalized spacial score (nSPS) is 23.9. The van der Waals surface area contributed by atoms with Crippen molar-refractivity contribution in [2.45, 2.75) is 24.9 Å². The highest BCUT2D eigenvalue weighted by Crippen LogP contribution is 2.25. The van der Waals surface area contributed by atoms with E-state index >= 15 is 0 Å². The van der Waals surface area contributed by atoms with E-state index < -0.39 is 0 Å². The molecule has 2 atom stereocenters. The van der Waals surface area contributed by atoms with E-state index in [2.05, 4.69) is 59.4 Å². The molecule has 1 heterocycles. The van der Waals surface area contributed by atoms with Crippen molar-refractivity contribution in [2.75, 3.05) is 46.9 Å². The highest BCUT2D eigenvalue weighted by atomic mass is 16.3. The maximum Gasteiger partial charge on any atom is 0.0610 e. The molecule has 4 heteroatoms. The van der Waals surface area contributed by atoms with Crippen molar-refractivity contribution in [1.82, 2.24) is 15.1 Å². The second-order valence-electron chi connectivity index (χ2n) is 6.44. The van der Waals surface area contributed by atoms with Crippen molar-refractivity contribution in [3.8, 4) is 0 Å². The molecule has 0 saturated carbocycles. The molecule has 1 aromatic carbocycles. The predicted octanol–water partition coefficient (Wildman–Crippen LogP) is 1.34. The van der Waals surface area contributed by atoms with Crippen LogP contribution in [0.3, 0.4) is 0 Å². The fourth-order valence-corrected chi connectivity index (χ4v) is 2.89. The minimum atomic E-state index is -0.190. The number of aliphatic hydroxyl groups is 1. The summed E-state index contributed by atoms with van der Waals surface area (Å²) in [4.78, 5) is 4.96. The van der Waals surface area contributed by atoms with Crippen LogP contribution in [0.5, 0.6) is 0 Å². The van der Waals surface area contributed by atoms with Crippen molar-refractivity contribution >= 4 is 0 Å². The summed E-state index contributed by atoms with van der Waals surface area (Å²) >= 11 is 0. The third-order valence-electron chi connectivity index (χ3n) is 4.78. The number of piperazine rings is 1. The van der Waals surface area contributed by atoms with Crippen molar-refractivity contribution in [2.24, 2.45) is 0 Å². The summed E-state index contributed by atoms with van der Waals surface area (Å²) in [5, 5.41) is 12.8. The van der Waals surface area contributed by atoms with Gasteiger partial charge in [0, 0.05) is 37.8 Å². The first-order valence-electron chi connectivity index (χ1n) is 7.85. The Morgan fingerprint density at radius 1 is 1.29 bits per heavy atom. The van der Waals surface area contributed by atoms with Crippen LogP contribution in [0.1, 0.15) is 24.9 Å². The number of rotatable bonds is 6. The van der Waals surface area contributed by atoms with Gasteiger partial charge in [0.05, 0.1) is 6.61 Å². The van der Waals surface area contributed by atoms with E-state index in [4.69, 9.17) is 0 Å². The average molecular weight is 291 g/mol. The quantitative estimate of drug-likeness (QED) is 0.829.